The third-order valence-corrected chi connectivity index (χ3v) is 4.92. The second-order valence-electron chi connectivity index (χ2n) is 7.19. The SMILES string of the molecule is CCC(C)(C)C12OCC(C(C)(C)C)(CO1)CO2. The van der Waals surface area contributed by atoms with Crippen LogP contribution in [0.1, 0.15) is 48.0 Å². The van der Waals surface area contributed by atoms with Gasteiger partial charge < -0.3 is 14.2 Å². The molecule has 3 saturated heterocycles. The van der Waals surface area contributed by atoms with E-state index in [-0.39, 0.29) is 16.2 Å². The average molecular weight is 242 g/mol. The molecule has 0 N–H and O–H groups in total. The molecule has 0 radical (unpaired) electrons. The lowest BCUT2D eigenvalue weighted by Gasteiger charge is -2.60. The number of hydrogen-bond donors (Lipinski definition) is 0. The van der Waals surface area contributed by atoms with Gasteiger partial charge in [0.2, 0.25) is 0 Å². The number of rotatable bonds is 2. The molecule has 3 rings (SSSR count). The maximum Gasteiger partial charge on any atom is 0.288 e. The predicted molar refractivity (Wildman–Crippen MR) is 66.5 cm³/mol. The summed E-state index contributed by atoms with van der Waals surface area (Å²) in [6.45, 7) is 15.3. The van der Waals surface area contributed by atoms with Gasteiger partial charge in [-0.25, -0.2) is 0 Å². The lowest BCUT2D eigenvalue weighted by molar-refractivity contribution is -0.510. The second-order valence-corrected chi connectivity index (χ2v) is 7.19. The summed E-state index contributed by atoms with van der Waals surface area (Å²) in [7, 11) is 0. The fraction of sp³-hybridized carbons (Fsp3) is 1.00. The van der Waals surface area contributed by atoms with E-state index in [1.165, 1.54) is 0 Å². The van der Waals surface area contributed by atoms with Gasteiger partial charge >= 0.3 is 0 Å². The van der Waals surface area contributed by atoms with Gasteiger partial charge in [0.15, 0.2) is 0 Å². The molecular formula is C14H26O3. The van der Waals surface area contributed by atoms with Crippen LogP contribution in [0.15, 0.2) is 0 Å². The van der Waals surface area contributed by atoms with Gasteiger partial charge in [0, 0.05) is 10.8 Å². The highest BCUT2D eigenvalue weighted by molar-refractivity contribution is 4.99. The van der Waals surface area contributed by atoms with E-state index in [1.54, 1.807) is 0 Å². The number of ether oxygens (including phenoxy) is 3. The lowest BCUT2D eigenvalue weighted by Crippen LogP contribution is -2.68. The van der Waals surface area contributed by atoms with Crippen molar-refractivity contribution in [1.82, 2.24) is 0 Å². The molecule has 17 heavy (non-hydrogen) atoms. The van der Waals surface area contributed by atoms with Crippen LogP contribution < -0.4 is 0 Å². The Morgan fingerprint density at radius 2 is 1.29 bits per heavy atom. The van der Waals surface area contributed by atoms with Crippen LogP contribution in [0.25, 0.3) is 0 Å². The Hall–Kier alpha value is -0.120. The second kappa shape index (κ2) is 3.69. The molecule has 3 aliphatic rings. The van der Waals surface area contributed by atoms with Gasteiger partial charge in [0.05, 0.1) is 19.8 Å². The van der Waals surface area contributed by atoms with Crippen molar-refractivity contribution in [3.05, 3.63) is 0 Å². The molecule has 3 fully saturated rings. The van der Waals surface area contributed by atoms with E-state index in [0.29, 0.717) is 0 Å². The number of hydrogen-bond acceptors (Lipinski definition) is 3. The van der Waals surface area contributed by atoms with Crippen LogP contribution in [-0.2, 0) is 14.2 Å². The van der Waals surface area contributed by atoms with E-state index >= 15 is 0 Å². The maximum atomic E-state index is 6.01. The third-order valence-electron chi connectivity index (χ3n) is 4.92. The summed E-state index contributed by atoms with van der Waals surface area (Å²) in [6.07, 6.45) is 0.968. The summed E-state index contributed by atoms with van der Waals surface area (Å²) >= 11 is 0. The quantitative estimate of drug-likeness (QED) is 0.744. The largest absolute Gasteiger partial charge is 0.326 e. The zero-order valence-corrected chi connectivity index (χ0v) is 12.1. The standard InChI is InChI=1S/C14H26O3/c1-7-12(5,6)14-15-8-13(9-16-14,10-17-14)11(2,3)4/h7-10H2,1-6H3. The molecule has 0 spiro atoms. The Labute approximate surface area is 105 Å². The van der Waals surface area contributed by atoms with E-state index in [2.05, 4.69) is 41.5 Å². The first-order valence-corrected chi connectivity index (χ1v) is 6.60. The van der Waals surface area contributed by atoms with Gasteiger partial charge in [0.1, 0.15) is 0 Å². The molecule has 0 aromatic heterocycles. The van der Waals surface area contributed by atoms with Crippen molar-refractivity contribution in [2.45, 2.75) is 53.9 Å². The van der Waals surface area contributed by atoms with Gasteiger partial charge in [-0.15, -0.1) is 0 Å². The first-order chi connectivity index (χ1) is 7.68. The molecule has 3 heteroatoms. The van der Waals surface area contributed by atoms with Gasteiger partial charge in [-0.2, -0.15) is 0 Å². The minimum absolute atomic E-state index is 0.00142. The van der Waals surface area contributed by atoms with Gasteiger partial charge in [-0.1, -0.05) is 41.5 Å². The van der Waals surface area contributed by atoms with E-state index < -0.39 is 5.97 Å². The van der Waals surface area contributed by atoms with Crippen molar-refractivity contribution in [1.29, 1.82) is 0 Å². The molecular weight excluding hydrogens is 216 g/mol. The smallest absolute Gasteiger partial charge is 0.288 e. The molecule has 2 bridgehead atoms. The zero-order valence-electron chi connectivity index (χ0n) is 12.1. The molecule has 0 amide bonds. The molecule has 3 aliphatic heterocycles. The van der Waals surface area contributed by atoms with Crippen molar-refractivity contribution in [2.75, 3.05) is 19.8 Å². The first kappa shape index (κ1) is 13.3. The fourth-order valence-electron chi connectivity index (χ4n) is 2.40. The fourth-order valence-corrected chi connectivity index (χ4v) is 2.40. The van der Waals surface area contributed by atoms with Crippen molar-refractivity contribution in [2.24, 2.45) is 16.2 Å². The monoisotopic (exact) mass is 242 g/mol. The molecule has 0 unspecified atom stereocenters. The Kier molecular flexibility index (Phi) is 2.89. The molecule has 3 nitrogen and oxygen atoms in total. The molecule has 0 aliphatic carbocycles. The van der Waals surface area contributed by atoms with E-state index in [9.17, 15) is 0 Å². The summed E-state index contributed by atoms with van der Waals surface area (Å²) in [5.74, 6) is -0.825. The van der Waals surface area contributed by atoms with Crippen LogP contribution in [0.4, 0.5) is 0 Å². The van der Waals surface area contributed by atoms with Crippen LogP contribution >= 0.6 is 0 Å². The van der Waals surface area contributed by atoms with Crippen molar-refractivity contribution in [3.8, 4) is 0 Å². The van der Waals surface area contributed by atoms with Crippen LogP contribution in [0.5, 0.6) is 0 Å². The summed E-state index contributed by atoms with van der Waals surface area (Å²) in [6, 6.07) is 0. The van der Waals surface area contributed by atoms with Gasteiger partial charge in [0.25, 0.3) is 5.97 Å². The Morgan fingerprint density at radius 3 is 1.59 bits per heavy atom. The molecule has 0 aromatic carbocycles. The Morgan fingerprint density at radius 1 is 0.882 bits per heavy atom. The predicted octanol–water partition coefficient (Wildman–Crippen LogP) is 3.19. The molecule has 100 valence electrons. The molecule has 3 heterocycles. The topological polar surface area (TPSA) is 27.7 Å². The van der Waals surface area contributed by atoms with E-state index in [0.717, 1.165) is 26.2 Å². The third kappa shape index (κ3) is 1.74. The van der Waals surface area contributed by atoms with Crippen molar-refractivity contribution >= 4 is 0 Å². The van der Waals surface area contributed by atoms with Crippen LogP contribution in [0.2, 0.25) is 0 Å². The summed E-state index contributed by atoms with van der Waals surface area (Å²) < 4.78 is 18.0. The average Bonchev–Trinajstić information content (AvgIpc) is 2.30. The Bertz CT molecular complexity index is 277. The highest BCUT2D eigenvalue weighted by atomic mass is 16.9. The zero-order chi connectivity index (χ0) is 12.9. The normalized spacial score (nSPS) is 38.5. The molecule has 0 atom stereocenters. The Balaban J connectivity index is 2.21. The first-order valence-electron chi connectivity index (χ1n) is 6.60. The minimum atomic E-state index is -0.825. The highest BCUT2D eigenvalue weighted by Crippen LogP contribution is 2.54. The number of fused-ring (bicyclic) bond motifs is 3. The summed E-state index contributed by atoms with van der Waals surface area (Å²) in [5.41, 5.74) is 0.0198. The van der Waals surface area contributed by atoms with Gasteiger partial charge in [-0.3, -0.25) is 0 Å². The minimum Gasteiger partial charge on any atom is -0.326 e. The lowest BCUT2D eigenvalue weighted by atomic mass is 9.66. The van der Waals surface area contributed by atoms with E-state index in [4.69, 9.17) is 14.2 Å². The highest BCUT2D eigenvalue weighted by Gasteiger charge is 2.62. The van der Waals surface area contributed by atoms with E-state index in [1.807, 2.05) is 0 Å². The van der Waals surface area contributed by atoms with Gasteiger partial charge in [-0.05, 0) is 11.8 Å². The molecule has 0 saturated carbocycles. The maximum absolute atomic E-state index is 6.01. The van der Waals surface area contributed by atoms with Crippen LogP contribution in [0.3, 0.4) is 0 Å². The summed E-state index contributed by atoms with van der Waals surface area (Å²) in [5, 5.41) is 0. The van der Waals surface area contributed by atoms with Crippen molar-refractivity contribution in [3.63, 3.8) is 0 Å². The van der Waals surface area contributed by atoms with Crippen LogP contribution in [0, 0.1) is 16.2 Å². The van der Waals surface area contributed by atoms with Crippen molar-refractivity contribution < 1.29 is 14.2 Å². The van der Waals surface area contributed by atoms with Crippen LogP contribution in [-0.4, -0.2) is 25.8 Å². The molecule has 0 aromatic rings. The summed E-state index contributed by atoms with van der Waals surface area (Å²) in [4.78, 5) is 0.